The van der Waals surface area contributed by atoms with E-state index in [9.17, 15) is 4.79 Å². The Bertz CT molecular complexity index is 1230. The lowest BCUT2D eigenvalue weighted by molar-refractivity contribution is 0.102. The number of methoxy groups -OCH3 is 1. The molecule has 30 heavy (non-hydrogen) atoms. The Morgan fingerprint density at radius 2 is 1.97 bits per heavy atom. The number of benzene rings is 2. The number of halogens is 1. The molecule has 0 aliphatic heterocycles. The molecule has 2 aromatic heterocycles. The average molecular weight is 455 g/mol. The fourth-order valence-corrected chi connectivity index (χ4v) is 6.45. The van der Waals surface area contributed by atoms with Crippen molar-refractivity contribution in [1.29, 1.82) is 0 Å². The number of aromatic nitrogens is 1. The van der Waals surface area contributed by atoms with Gasteiger partial charge in [-0.25, -0.2) is 4.98 Å². The standard InChI is InChI=1S/C23H19ClN2O2S2/c1-28-17-11-10-13(24)12-15(17)21(27)26-23-20(14-6-2-4-8-18(14)29-23)22-25-16-7-3-5-9-19(16)30-22/h3,5,7,9-12H,2,4,6,8H2,1H3,(H,26,27). The Balaban J connectivity index is 1.59. The van der Waals surface area contributed by atoms with Crippen LogP contribution in [-0.2, 0) is 12.8 Å². The zero-order valence-electron chi connectivity index (χ0n) is 16.3. The van der Waals surface area contributed by atoms with Gasteiger partial charge in [-0.05, 0) is 61.6 Å². The second-order valence-electron chi connectivity index (χ2n) is 7.20. The third kappa shape index (κ3) is 3.49. The van der Waals surface area contributed by atoms with Crippen LogP contribution < -0.4 is 10.1 Å². The number of carbonyl (C=O) groups is 1. The van der Waals surface area contributed by atoms with Gasteiger partial charge in [-0.1, -0.05) is 23.7 Å². The molecule has 0 bridgehead atoms. The fraction of sp³-hybridized carbons (Fsp3) is 0.217. The summed E-state index contributed by atoms with van der Waals surface area (Å²) in [5, 5.41) is 5.45. The third-order valence-electron chi connectivity index (χ3n) is 5.31. The first-order chi connectivity index (χ1) is 14.6. The summed E-state index contributed by atoms with van der Waals surface area (Å²) in [5.74, 6) is 0.273. The molecule has 2 aromatic carbocycles. The molecule has 0 saturated heterocycles. The van der Waals surface area contributed by atoms with Crippen LogP contribution in [0.2, 0.25) is 5.02 Å². The Kier molecular flexibility index (Phi) is 5.23. The van der Waals surface area contributed by atoms with Crippen LogP contribution in [0.3, 0.4) is 0 Å². The summed E-state index contributed by atoms with van der Waals surface area (Å²) in [4.78, 5) is 19.4. The molecule has 7 heteroatoms. The number of thiazole rings is 1. The maximum atomic E-state index is 13.2. The van der Waals surface area contributed by atoms with E-state index in [0.717, 1.165) is 45.1 Å². The number of nitrogens with one attached hydrogen (secondary N) is 1. The number of hydrogen-bond donors (Lipinski definition) is 1. The first-order valence-electron chi connectivity index (χ1n) is 9.79. The van der Waals surface area contributed by atoms with Crippen LogP contribution in [-0.4, -0.2) is 18.0 Å². The lowest BCUT2D eigenvalue weighted by Gasteiger charge is -2.12. The molecule has 4 aromatic rings. The van der Waals surface area contributed by atoms with Crippen molar-refractivity contribution < 1.29 is 9.53 Å². The Labute approximate surface area is 187 Å². The smallest absolute Gasteiger partial charge is 0.260 e. The number of thiophene rings is 1. The van der Waals surface area contributed by atoms with E-state index in [1.807, 2.05) is 18.2 Å². The normalized spacial score (nSPS) is 13.3. The van der Waals surface area contributed by atoms with Crippen LogP contribution in [0.1, 0.15) is 33.6 Å². The molecule has 4 nitrogen and oxygen atoms in total. The average Bonchev–Trinajstić information content (AvgIpc) is 3.34. The van der Waals surface area contributed by atoms with E-state index in [-0.39, 0.29) is 5.91 Å². The van der Waals surface area contributed by atoms with Gasteiger partial charge in [-0.3, -0.25) is 4.79 Å². The largest absolute Gasteiger partial charge is 0.496 e. The zero-order chi connectivity index (χ0) is 20.7. The molecular formula is C23H19ClN2O2S2. The van der Waals surface area contributed by atoms with Gasteiger partial charge < -0.3 is 10.1 Å². The Hall–Kier alpha value is -2.41. The van der Waals surface area contributed by atoms with Crippen molar-refractivity contribution in [1.82, 2.24) is 4.98 Å². The van der Waals surface area contributed by atoms with Crippen LogP contribution >= 0.6 is 34.3 Å². The number of carbonyl (C=O) groups excluding carboxylic acids is 1. The molecule has 0 spiro atoms. The van der Waals surface area contributed by atoms with E-state index in [1.54, 1.807) is 48.0 Å². The van der Waals surface area contributed by atoms with Crippen molar-refractivity contribution in [2.24, 2.45) is 0 Å². The van der Waals surface area contributed by atoms with Gasteiger partial charge in [0.25, 0.3) is 5.91 Å². The zero-order valence-corrected chi connectivity index (χ0v) is 18.7. The summed E-state index contributed by atoms with van der Waals surface area (Å²) in [7, 11) is 1.55. The number of para-hydroxylation sites is 1. The Morgan fingerprint density at radius 3 is 2.80 bits per heavy atom. The van der Waals surface area contributed by atoms with Crippen molar-refractivity contribution in [3.8, 4) is 16.3 Å². The first kappa shape index (κ1) is 19.5. The van der Waals surface area contributed by atoms with Gasteiger partial charge in [0.1, 0.15) is 15.8 Å². The molecule has 1 aliphatic carbocycles. The SMILES string of the molecule is COc1ccc(Cl)cc1C(=O)Nc1sc2c(c1-c1nc3ccccc3s1)CCCC2. The molecule has 152 valence electrons. The summed E-state index contributed by atoms with van der Waals surface area (Å²) in [6, 6.07) is 13.2. The first-order valence-corrected chi connectivity index (χ1v) is 11.8. The van der Waals surface area contributed by atoms with Gasteiger partial charge in [0.2, 0.25) is 0 Å². The summed E-state index contributed by atoms with van der Waals surface area (Å²) in [5.41, 5.74) is 3.82. The van der Waals surface area contributed by atoms with Crippen LogP contribution in [0.15, 0.2) is 42.5 Å². The highest BCUT2D eigenvalue weighted by molar-refractivity contribution is 7.23. The predicted octanol–water partition coefficient (Wildman–Crippen LogP) is 6.82. The molecule has 0 unspecified atom stereocenters. The van der Waals surface area contributed by atoms with Crippen LogP contribution in [0.5, 0.6) is 5.75 Å². The van der Waals surface area contributed by atoms with Crippen molar-refractivity contribution in [3.05, 3.63) is 63.5 Å². The lowest BCUT2D eigenvalue weighted by Crippen LogP contribution is -2.13. The molecule has 0 fully saturated rings. The number of ether oxygens (including phenoxy) is 1. The number of nitrogens with zero attached hydrogens (tertiary/aromatic N) is 1. The molecule has 5 rings (SSSR count). The number of anilines is 1. The minimum absolute atomic E-state index is 0.227. The van der Waals surface area contributed by atoms with E-state index >= 15 is 0 Å². The van der Waals surface area contributed by atoms with Gasteiger partial charge in [0, 0.05) is 15.5 Å². The molecule has 0 atom stereocenters. The van der Waals surface area contributed by atoms with Gasteiger partial charge in [0.15, 0.2) is 0 Å². The van der Waals surface area contributed by atoms with Crippen molar-refractivity contribution in [3.63, 3.8) is 0 Å². The summed E-state index contributed by atoms with van der Waals surface area (Å²) < 4.78 is 6.52. The van der Waals surface area contributed by atoms with Gasteiger partial charge in [0.05, 0.1) is 22.9 Å². The monoisotopic (exact) mass is 454 g/mol. The summed E-state index contributed by atoms with van der Waals surface area (Å²) in [6.45, 7) is 0. The van der Waals surface area contributed by atoms with Gasteiger partial charge in [-0.15, -0.1) is 22.7 Å². The molecule has 0 saturated carbocycles. The van der Waals surface area contributed by atoms with Gasteiger partial charge in [-0.2, -0.15) is 0 Å². The highest BCUT2D eigenvalue weighted by Crippen LogP contribution is 2.46. The van der Waals surface area contributed by atoms with Crippen molar-refractivity contribution >= 4 is 55.4 Å². The van der Waals surface area contributed by atoms with Crippen molar-refractivity contribution in [2.45, 2.75) is 25.7 Å². The fourth-order valence-electron chi connectivity index (χ4n) is 3.89. The molecular weight excluding hydrogens is 436 g/mol. The lowest BCUT2D eigenvalue weighted by atomic mass is 9.95. The van der Waals surface area contributed by atoms with Crippen LogP contribution in [0.25, 0.3) is 20.8 Å². The molecule has 1 N–H and O–H groups in total. The quantitative estimate of drug-likeness (QED) is 0.368. The maximum Gasteiger partial charge on any atom is 0.260 e. The summed E-state index contributed by atoms with van der Waals surface area (Å²) >= 11 is 9.48. The van der Waals surface area contributed by atoms with Gasteiger partial charge >= 0.3 is 0 Å². The maximum absolute atomic E-state index is 13.2. The molecule has 2 heterocycles. The highest BCUT2D eigenvalue weighted by atomic mass is 35.5. The number of fused-ring (bicyclic) bond motifs is 2. The van der Waals surface area contributed by atoms with Crippen molar-refractivity contribution in [2.75, 3.05) is 12.4 Å². The van der Waals surface area contributed by atoms with E-state index in [2.05, 4.69) is 11.4 Å². The topological polar surface area (TPSA) is 51.2 Å². The third-order valence-corrected chi connectivity index (χ3v) is 7.81. The second kappa shape index (κ2) is 8.02. The van der Waals surface area contributed by atoms with E-state index in [4.69, 9.17) is 21.3 Å². The van der Waals surface area contributed by atoms with E-state index in [0.29, 0.717) is 16.3 Å². The van der Waals surface area contributed by atoms with E-state index < -0.39 is 0 Å². The Morgan fingerprint density at radius 1 is 1.13 bits per heavy atom. The second-order valence-corrected chi connectivity index (χ2v) is 9.77. The minimum Gasteiger partial charge on any atom is -0.496 e. The van der Waals surface area contributed by atoms with Crippen LogP contribution in [0.4, 0.5) is 5.00 Å². The predicted molar refractivity (Wildman–Crippen MR) is 126 cm³/mol. The number of amides is 1. The summed E-state index contributed by atoms with van der Waals surface area (Å²) in [6.07, 6.45) is 4.42. The van der Waals surface area contributed by atoms with Crippen LogP contribution in [0, 0.1) is 0 Å². The van der Waals surface area contributed by atoms with E-state index in [1.165, 1.54) is 16.9 Å². The highest BCUT2D eigenvalue weighted by Gasteiger charge is 2.26. The molecule has 0 radical (unpaired) electrons. The number of hydrogen-bond acceptors (Lipinski definition) is 5. The minimum atomic E-state index is -0.227. The molecule has 1 amide bonds. The number of rotatable bonds is 4. The molecule has 1 aliphatic rings. The number of aryl methyl sites for hydroxylation is 1.